The largest absolute Gasteiger partial charge is 0.409 e. The zero-order valence-corrected chi connectivity index (χ0v) is 13.4. The third-order valence-corrected chi connectivity index (χ3v) is 4.09. The standard InChI is InChI=1S/C16H17N7O2/c17-16(21-24)13-10-15(22-5-7-25-8-6-22)23-14(19-13)9-12(20-23)11-1-3-18-4-2-11/h1-4,9-10,24H,5-8H2,(H2,17,21). The first-order valence-corrected chi connectivity index (χ1v) is 7.88. The topological polar surface area (TPSA) is 114 Å². The fraction of sp³-hybridized carbons (Fsp3) is 0.250. The third-order valence-electron chi connectivity index (χ3n) is 4.09. The van der Waals surface area contributed by atoms with Gasteiger partial charge in [0.15, 0.2) is 11.5 Å². The highest BCUT2D eigenvalue weighted by Crippen LogP contribution is 2.24. The minimum atomic E-state index is -0.0383. The number of fused-ring (bicyclic) bond motifs is 1. The molecular formula is C16H17N7O2. The molecule has 1 fully saturated rings. The van der Waals surface area contributed by atoms with Gasteiger partial charge in [-0.05, 0) is 12.1 Å². The van der Waals surface area contributed by atoms with Crippen LogP contribution < -0.4 is 10.6 Å². The molecule has 3 aromatic rings. The lowest BCUT2D eigenvalue weighted by molar-refractivity contribution is 0.122. The molecule has 3 aromatic heterocycles. The van der Waals surface area contributed by atoms with Crippen molar-refractivity contribution in [3.8, 4) is 11.3 Å². The van der Waals surface area contributed by atoms with Crippen molar-refractivity contribution in [2.75, 3.05) is 31.2 Å². The van der Waals surface area contributed by atoms with E-state index in [4.69, 9.17) is 15.7 Å². The first-order valence-electron chi connectivity index (χ1n) is 7.88. The molecule has 4 rings (SSSR count). The van der Waals surface area contributed by atoms with Crippen LogP contribution in [-0.2, 0) is 4.74 Å². The highest BCUT2D eigenvalue weighted by molar-refractivity contribution is 5.96. The summed E-state index contributed by atoms with van der Waals surface area (Å²) in [5.74, 6) is 0.791. The monoisotopic (exact) mass is 339 g/mol. The van der Waals surface area contributed by atoms with Crippen LogP contribution in [0.5, 0.6) is 0 Å². The number of rotatable bonds is 3. The van der Waals surface area contributed by atoms with Crippen LogP contribution >= 0.6 is 0 Å². The highest BCUT2D eigenvalue weighted by Gasteiger charge is 2.19. The van der Waals surface area contributed by atoms with E-state index >= 15 is 0 Å². The maximum Gasteiger partial charge on any atom is 0.188 e. The maximum absolute atomic E-state index is 9.00. The summed E-state index contributed by atoms with van der Waals surface area (Å²) in [4.78, 5) is 10.6. The van der Waals surface area contributed by atoms with E-state index in [0.717, 1.165) is 30.2 Å². The predicted molar refractivity (Wildman–Crippen MR) is 91.8 cm³/mol. The molecule has 0 amide bonds. The minimum absolute atomic E-state index is 0.0383. The Morgan fingerprint density at radius 1 is 1.20 bits per heavy atom. The van der Waals surface area contributed by atoms with Crippen molar-refractivity contribution in [2.45, 2.75) is 0 Å². The Kier molecular flexibility index (Phi) is 3.90. The number of hydrogen-bond acceptors (Lipinski definition) is 7. The van der Waals surface area contributed by atoms with Gasteiger partial charge in [-0.25, -0.2) is 4.98 Å². The molecule has 9 heteroatoms. The van der Waals surface area contributed by atoms with Crippen molar-refractivity contribution >= 4 is 17.3 Å². The zero-order chi connectivity index (χ0) is 17.2. The number of morpholine rings is 1. The number of pyridine rings is 1. The summed E-state index contributed by atoms with van der Waals surface area (Å²) < 4.78 is 7.20. The van der Waals surface area contributed by atoms with Crippen LogP contribution in [0.25, 0.3) is 16.9 Å². The van der Waals surface area contributed by atoms with E-state index in [-0.39, 0.29) is 5.84 Å². The van der Waals surface area contributed by atoms with Gasteiger partial charge < -0.3 is 20.6 Å². The lowest BCUT2D eigenvalue weighted by Crippen LogP contribution is -2.37. The summed E-state index contributed by atoms with van der Waals surface area (Å²) in [6.45, 7) is 2.75. The first kappa shape index (κ1) is 15.3. The van der Waals surface area contributed by atoms with Crippen LogP contribution in [0.4, 0.5) is 5.82 Å². The average molecular weight is 339 g/mol. The van der Waals surface area contributed by atoms with Gasteiger partial charge >= 0.3 is 0 Å². The quantitative estimate of drug-likeness (QED) is 0.313. The molecule has 25 heavy (non-hydrogen) atoms. The van der Waals surface area contributed by atoms with Gasteiger partial charge in [-0.2, -0.15) is 9.61 Å². The van der Waals surface area contributed by atoms with E-state index in [9.17, 15) is 0 Å². The molecule has 4 heterocycles. The van der Waals surface area contributed by atoms with Crippen molar-refractivity contribution in [3.05, 3.63) is 42.4 Å². The molecule has 0 saturated carbocycles. The molecule has 1 saturated heterocycles. The van der Waals surface area contributed by atoms with Gasteiger partial charge in [0, 0.05) is 43.2 Å². The van der Waals surface area contributed by atoms with Gasteiger partial charge in [-0.15, -0.1) is 0 Å². The second-order valence-corrected chi connectivity index (χ2v) is 5.62. The predicted octanol–water partition coefficient (Wildman–Crippen LogP) is 0.722. The Morgan fingerprint density at radius 2 is 1.96 bits per heavy atom. The van der Waals surface area contributed by atoms with Gasteiger partial charge in [0.25, 0.3) is 0 Å². The molecule has 128 valence electrons. The SMILES string of the molecule is N/C(=N\O)c1cc(N2CCOCC2)n2nc(-c3ccncc3)cc2n1. The molecule has 0 bridgehead atoms. The number of hydrogen-bond donors (Lipinski definition) is 2. The van der Waals surface area contributed by atoms with Gasteiger partial charge in [0.05, 0.1) is 18.9 Å². The number of nitrogens with zero attached hydrogens (tertiary/aromatic N) is 6. The number of aromatic nitrogens is 4. The Hall–Kier alpha value is -3.20. The molecule has 3 N–H and O–H groups in total. The molecule has 0 spiro atoms. The molecule has 0 unspecified atom stereocenters. The smallest absolute Gasteiger partial charge is 0.188 e. The average Bonchev–Trinajstić information content (AvgIpc) is 3.12. The van der Waals surface area contributed by atoms with Crippen LogP contribution in [0.1, 0.15) is 5.69 Å². The van der Waals surface area contributed by atoms with Crippen molar-refractivity contribution < 1.29 is 9.94 Å². The molecule has 1 aliphatic rings. The molecule has 0 aromatic carbocycles. The third kappa shape index (κ3) is 2.85. The van der Waals surface area contributed by atoms with E-state index in [1.807, 2.05) is 18.2 Å². The second-order valence-electron chi connectivity index (χ2n) is 5.62. The second kappa shape index (κ2) is 6.36. The maximum atomic E-state index is 9.00. The first-order chi connectivity index (χ1) is 12.3. The normalized spacial score (nSPS) is 15.7. The molecular weight excluding hydrogens is 322 g/mol. The Labute approximate surface area is 143 Å². The summed E-state index contributed by atoms with van der Waals surface area (Å²) in [6, 6.07) is 7.42. The van der Waals surface area contributed by atoms with E-state index in [0.29, 0.717) is 24.6 Å². The van der Waals surface area contributed by atoms with Crippen molar-refractivity contribution in [1.29, 1.82) is 0 Å². The van der Waals surface area contributed by atoms with Crippen LogP contribution in [0.15, 0.2) is 41.8 Å². The molecule has 0 aliphatic carbocycles. The van der Waals surface area contributed by atoms with Crippen molar-refractivity contribution in [1.82, 2.24) is 19.6 Å². The van der Waals surface area contributed by atoms with Gasteiger partial charge in [-0.3, -0.25) is 4.98 Å². The van der Waals surface area contributed by atoms with Gasteiger partial charge in [0.1, 0.15) is 11.5 Å². The highest BCUT2D eigenvalue weighted by atomic mass is 16.5. The molecule has 1 aliphatic heterocycles. The Balaban J connectivity index is 1.89. The molecule has 0 radical (unpaired) electrons. The number of ether oxygens (including phenoxy) is 1. The lowest BCUT2D eigenvalue weighted by atomic mass is 10.2. The van der Waals surface area contributed by atoms with Crippen LogP contribution in [-0.4, -0.2) is 56.9 Å². The van der Waals surface area contributed by atoms with Gasteiger partial charge in [0.2, 0.25) is 0 Å². The van der Waals surface area contributed by atoms with E-state index < -0.39 is 0 Å². The zero-order valence-electron chi connectivity index (χ0n) is 13.4. The van der Waals surface area contributed by atoms with Crippen LogP contribution in [0.2, 0.25) is 0 Å². The van der Waals surface area contributed by atoms with Crippen LogP contribution in [0.3, 0.4) is 0 Å². The Bertz CT molecular complexity index is 917. The number of oxime groups is 1. The number of anilines is 1. The van der Waals surface area contributed by atoms with Crippen LogP contribution in [0, 0.1) is 0 Å². The fourth-order valence-electron chi connectivity index (χ4n) is 2.82. The lowest BCUT2D eigenvalue weighted by Gasteiger charge is -2.29. The number of nitrogens with two attached hydrogens (primary N) is 1. The summed E-state index contributed by atoms with van der Waals surface area (Å²) in [5.41, 5.74) is 8.50. The van der Waals surface area contributed by atoms with Gasteiger partial charge in [-0.1, -0.05) is 5.16 Å². The van der Waals surface area contributed by atoms with Crippen molar-refractivity contribution in [2.24, 2.45) is 10.9 Å². The van der Waals surface area contributed by atoms with E-state index in [2.05, 4.69) is 25.1 Å². The van der Waals surface area contributed by atoms with Crippen molar-refractivity contribution in [3.63, 3.8) is 0 Å². The summed E-state index contributed by atoms with van der Waals surface area (Å²) >= 11 is 0. The molecule has 0 atom stereocenters. The summed E-state index contributed by atoms with van der Waals surface area (Å²) in [5, 5.41) is 16.8. The van der Waals surface area contributed by atoms with E-state index in [1.165, 1.54) is 0 Å². The Morgan fingerprint density at radius 3 is 2.68 bits per heavy atom. The summed E-state index contributed by atoms with van der Waals surface area (Å²) in [6.07, 6.45) is 3.44. The molecule has 9 nitrogen and oxygen atoms in total. The fourth-order valence-corrected chi connectivity index (χ4v) is 2.82. The van der Waals surface area contributed by atoms with E-state index in [1.54, 1.807) is 23.0 Å². The summed E-state index contributed by atoms with van der Waals surface area (Å²) in [7, 11) is 0. The minimum Gasteiger partial charge on any atom is -0.409 e. The number of amidine groups is 1.